The molecule has 6 nitrogen and oxygen atoms in total. The van der Waals surface area contributed by atoms with Gasteiger partial charge in [0.15, 0.2) is 5.82 Å². The molecule has 0 saturated heterocycles. The van der Waals surface area contributed by atoms with Crippen LogP contribution in [0.2, 0.25) is 0 Å². The molecule has 136 valence electrons. The number of fused-ring (bicyclic) bond motifs is 1. The van der Waals surface area contributed by atoms with Crippen LogP contribution in [0, 0.1) is 0 Å². The maximum Gasteiger partial charge on any atom is 0.244 e. The van der Waals surface area contributed by atoms with Gasteiger partial charge in [-0.1, -0.05) is 30.4 Å². The number of dihydropyridines is 1. The minimum Gasteiger partial charge on any atom is -0.387 e. The number of nitrogens with zero attached hydrogens (tertiary/aromatic N) is 2. The molecule has 4 rings (SSSR count). The van der Waals surface area contributed by atoms with E-state index in [9.17, 15) is 4.79 Å². The Morgan fingerprint density at radius 3 is 2.89 bits per heavy atom. The number of anilines is 1. The Kier molecular flexibility index (Phi) is 4.46. The van der Waals surface area contributed by atoms with E-state index >= 15 is 0 Å². The lowest BCUT2D eigenvalue weighted by Crippen LogP contribution is -2.17. The normalized spacial score (nSPS) is 18.6. The van der Waals surface area contributed by atoms with Crippen molar-refractivity contribution < 1.29 is 4.79 Å². The number of allylic oxidation sites excluding steroid dienone is 5. The highest BCUT2D eigenvalue weighted by Crippen LogP contribution is 2.32. The van der Waals surface area contributed by atoms with Crippen molar-refractivity contribution in [3.8, 4) is 0 Å². The van der Waals surface area contributed by atoms with Gasteiger partial charge in [0.05, 0.1) is 5.52 Å². The summed E-state index contributed by atoms with van der Waals surface area (Å²) in [6.45, 7) is 0.707. The Balaban J connectivity index is 1.73. The van der Waals surface area contributed by atoms with Crippen molar-refractivity contribution in [1.29, 1.82) is 0 Å². The number of nitrogens with one attached hydrogen (secondary N) is 2. The first-order valence-electron chi connectivity index (χ1n) is 8.92. The number of primary amides is 1. The first-order chi connectivity index (χ1) is 13.2. The second-order valence-corrected chi connectivity index (χ2v) is 6.61. The zero-order valence-corrected chi connectivity index (χ0v) is 15.1. The predicted molar refractivity (Wildman–Crippen MR) is 108 cm³/mol. The Morgan fingerprint density at radius 1 is 1.26 bits per heavy atom. The van der Waals surface area contributed by atoms with Gasteiger partial charge in [-0.3, -0.25) is 4.79 Å². The fourth-order valence-corrected chi connectivity index (χ4v) is 3.42. The molecule has 27 heavy (non-hydrogen) atoms. The fraction of sp³-hybridized carbons (Fsp3) is 0.190. The largest absolute Gasteiger partial charge is 0.387 e. The first kappa shape index (κ1) is 17.0. The number of hydrogen-bond acceptors (Lipinski definition) is 5. The van der Waals surface area contributed by atoms with Crippen LogP contribution >= 0.6 is 0 Å². The molecule has 0 saturated carbocycles. The van der Waals surface area contributed by atoms with Gasteiger partial charge in [0.25, 0.3) is 0 Å². The number of carbonyl (C=O) groups is 1. The van der Waals surface area contributed by atoms with E-state index in [0.29, 0.717) is 24.4 Å². The molecule has 2 heterocycles. The number of rotatable bonds is 4. The van der Waals surface area contributed by atoms with Crippen LogP contribution in [0.3, 0.4) is 0 Å². The first-order valence-corrected chi connectivity index (χ1v) is 8.92. The Bertz CT molecular complexity index is 1030. The van der Waals surface area contributed by atoms with Gasteiger partial charge >= 0.3 is 0 Å². The van der Waals surface area contributed by atoms with Crippen molar-refractivity contribution in [3.05, 3.63) is 71.7 Å². The van der Waals surface area contributed by atoms with Crippen LogP contribution in [0.1, 0.15) is 23.7 Å². The molecule has 4 N–H and O–H groups in total. The minimum atomic E-state index is -0.363. The van der Waals surface area contributed by atoms with Gasteiger partial charge in [-0.05, 0) is 36.4 Å². The maximum atomic E-state index is 11.5. The monoisotopic (exact) mass is 359 g/mol. The molecule has 0 bridgehead atoms. The van der Waals surface area contributed by atoms with Gasteiger partial charge < -0.3 is 16.4 Å². The molecule has 0 radical (unpaired) electrons. The summed E-state index contributed by atoms with van der Waals surface area (Å²) in [6, 6.07) is 6.17. The van der Waals surface area contributed by atoms with Gasteiger partial charge in [-0.15, -0.1) is 0 Å². The van der Waals surface area contributed by atoms with Crippen LogP contribution in [-0.4, -0.2) is 29.5 Å². The molecule has 1 atom stereocenters. The van der Waals surface area contributed by atoms with Gasteiger partial charge in [0.1, 0.15) is 5.82 Å². The third-order valence-electron chi connectivity index (χ3n) is 4.87. The van der Waals surface area contributed by atoms with Crippen molar-refractivity contribution in [2.24, 2.45) is 5.73 Å². The molecule has 0 spiro atoms. The van der Waals surface area contributed by atoms with Crippen LogP contribution in [0.15, 0.2) is 60.4 Å². The van der Waals surface area contributed by atoms with Crippen molar-refractivity contribution in [2.75, 3.05) is 18.9 Å². The van der Waals surface area contributed by atoms with E-state index in [-0.39, 0.29) is 11.8 Å². The van der Waals surface area contributed by atoms with E-state index in [0.717, 1.165) is 27.9 Å². The van der Waals surface area contributed by atoms with Crippen LogP contribution in [0.5, 0.6) is 0 Å². The molecule has 1 aromatic carbocycles. The molecule has 1 aliphatic carbocycles. The highest BCUT2D eigenvalue weighted by atomic mass is 16.1. The number of carbonyl (C=O) groups excluding carboxylic acids is 1. The van der Waals surface area contributed by atoms with Gasteiger partial charge in [-0.2, -0.15) is 0 Å². The highest BCUT2D eigenvalue weighted by Gasteiger charge is 2.18. The molecule has 2 aliphatic rings. The number of nitrogens with two attached hydrogens (primary N) is 1. The molecule has 0 fully saturated rings. The summed E-state index contributed by atoms with van der Waals surface area (Å²) in [5.74, 6) is 1.25. The maximum absolute atomic E-state index is 11.5. The molecular weight excluding hydrogens is 338 g/mol. The fourth-order valence-electron chi connectivity index (χ4n) is 3.42. The van der Waals surface area contributed by atoms with Crippen LogP contribution in [0.4, 0.5) is 5.82 Å². The van der Waals surface area contributed by atoms with E-state index in [1.165, 1.54) is 0 Å². The second kappa shape index (κ2) is 7.07. The molecule has 1 aliphatic heterocycles. The molecule has 2 aromatic rings. The van der Waals surface area contributed by atoms with Crippen LogP contribution < -0.4 is 16.4 Å². The number of aromatic nitrogens is 2. The summed E-state index contributed by atoms with van der Waals surface area (Å²) in [6.07, 6.45) is 12.3. The molecule has 1 amide bonds. The summed E-state index contributed by atoms with van der Waals surface area (Å²) in [7, 11) is 1.86. The summed E-state index contributed by atoms with van der Waals surface area (Å²) >= 11 is 0. The highest BCUT2D eigenvalue weighted by molar-refractivity contribution is 5.93. The third kappa shape index (κ3) is 3.33. The lowest BCUT2D eigenvalue weighted by molar-refractivity contribution is -0.114. The Hall–Kier alpha value is -3.41. The standard InChI is InChI=1S/C21H21N5O/c1-23-21-17-11-14(13-4-2-5-15(10-13)19(22)27)7-8-18(17)25-20(26-21)16-6-3-9-24-12-16/h2-9,11,13,24H,10,12H2,1H3,(H2,22,27)(H,23,25,26). The predicted octanol–water partition coefficient (Wildman–Crippen LogP) is 2.63. The summed E-state index contributed by atoms with van der Waals surface area (Å²) in [5, 5.41) is 7.33. The van der Waals surface area contributed by atoms with Gasteiger partial charge in [0, 0.05) is 36.0 Å². The zero-order chi connectivity index (χ0) is 18.8. The third-order valence-corrected chi connectivity index (χ3v) is 4.87. The average molecular weight is 359 g/mol. The quantitative estimate of drug-likeness (QED) is 0.780. The lowest BCUT2D eigenvalue weighted by atomic mass is 9.87. The van der Waals surface area contributed by atoms with E-state index in [2.05, 4.69) is 28.8 Å². The molecule has 6 heteroatoms. The van der Waals surface area contributed by atoms with Crippen LogP contribution in [-0.2, 0) is 4.79 Å². The molecule has 1 unspecified atom stereocenters. The van der Waals surface area contributed by atoms with E-state index in [1.807, 2.05) is 37.5 Å². The topological polar surface area (TPSA) is 92.9 Å². The second-order valence-electron chi connectivity index (χ2n) is 6.61. The zero-order valence-electron chi connectivity index (χ0n) is 15.1. The van der Waals surface area contributed by atoms with E-state index < -0.39 is 0 Å². The Labute approximate surface area is 157 Å². The molecular formula is C21H21N5O. The van der Waals surface area contributed by atoms with E-state index in [4.69, 9.17) is 15.7 Å². The molecule has 1 aromatic heterocycles. The van der Waals surface area contributed by atoms with Crippen molar-refractivity contribution in [2.45, 2.75) is 12.3 Å². The van der Waals surface area contributed by atoms with Gasteiger partial charge in [0.2, 0.25) is 5.91 Å². The summed E-state index contributed by atoms with van der Waals surface area (Å²) in [4.78, 5) is 21.0. The van der Waals surface area contributed by atoms with Crippen molar-refractivity contribution in [1.82, 2.24) is 15.3 Å². The average Bonchev–Trinajstić information content (AvgIpc) is 2.73. The summed E-state index contributed by atoms with van der Waals surface area (Å²) < 4.78 is 0. The number of hydrogen-bond donors (Lipinski definition) is 3. The van der Waals surface area contributed by atoms with E-state index in [1.54, 1.807) is 6.08 Å². The summed E-state index contributed by atoms with van der Waals surface area (Å²) in [5.41, 5.74) is 9.13. The Morgan fingerprint density at radius 2 is 2.15 bits per heavy atom. The number of amides is 1. The SMILES string of the molecule is CNc1nc(C2=CC=CNC2)nc2ccc(C3C=CC=C(C(N)=O)C3)cc12. The van der Waals surface area contributed by atoms with Gasteiger partial charge in [-0.25, -0.2) is 9.97 Å². The lowest BCUT2D eigenvalue weighted by Gasteiger charge is -2.18. The van der Waals surface area contributed by atoms with Crippen molar-refractivity contribution in [3.63, 3.8) is 0 Å². The van der Waals surface area contributed by atoms with Crippen molar-refractivity contribution >= 4 is 28.2 Å². The smallest absolute Gasteiger partial charge is 0.244 e. The van der Waals surface area contributed by atoms with Crippen LogP contribution in [0.25, 0.3) is 16.5 Å². The number of benzene rings is 1. The minimum absolute atomic E-state index is 0.113.